The predicted molar refractivity (Wildman–Crippen MR) is 89.6 cm³/mol. The Morgan fingerprint density at radius 2 is 1.91 bits per heavy atom. The summed E-state index contributed by atoms with van der Waals surface area (Å²) in [6.07, 6.45) is 3.40. The average molecular weight is 322 g/mol. The molecule has 1 atom stereocenters. The Morgan fingerprint density at radius 3 is 2.52 bits per heavy atom. The summed E-state index contributed by atoms with van der Waals surface area (Å²) in [5.74, 6) is 0.378. The van der Waals surface area contributed by atoms with Gasteiger partial charge in [0.2, 0.25) is 0 Å². The fourth-order valence-electron chi connectivity index (χ4n) is 2.76. The maximum Gasteiger partial charge on any atom is 0.332 e. The molecule has 2 aromatic heterocycles. The van der Waals surface area contributed by atoms with Crippen molar-refractivity contribution in [2.75, 3.05) is 0 Å². The second-order valence-corrected chi connectivity index (χ2v) is 6.61. The molecule has 0 amide bonds. The Bertz CT molecular complexity index is 783. The smallest absolute Gasteiger partial charge is 0.332 e. The number of aliphatic hydroxyl groups is 1. The van der Waals surface area contributed by atoms with Crippen LogP contribution in [0, 0.1) is 5.92 Å². The molecule has 2 heterocycles. The Labute approximate surface area is 135 Å². The molecule has 0 aliphatic heterocycles. The molecule has 0 saturated heterocycles. The normalized spacial score (nSPS) is 13.1. The van der Waals surface area contributed by atoms with Gasteiger partial charge in [-0.25, -0.2) is 9.78 Å². The van der Waals surface area contributed by atoms with Gasteiger partial charge in [0, 0.05) is 20.1 Å². The van der Waals surface area contributed by atoms with Crippen LogP contribution < -0.4 is 11.2 Å². The van der Waals surface area contributed by atoms with Crippen LogP contribution in [-0.2, 0) is 20.1 Å². The number of aliphatic hydroxyl groups excluding tert-OH is 1. The van der Waals surface area contributed by atoms with Crippen LogP contribution in [0.4, 0.5) is 0 Å². The summed E-state index contributed by atoms with van der Waals surface area (Å²) in [6, 6.07) is 0. The molecule has 0 radical (unpaired) electrons. The molecule has 7 nitrogen and oxygen atoms in total. The molecule has 0 bridgehead atoms. The molecule has 23 heavy (non-hydrogen) atoms. The predicted octanol–water partition coefficient (Wildman–Crippen LogP) is 1.10. The zero-order valence-corrected chi connectivity index (χ0v) is 14.3. The van der Waals surface area contributed by atoms with Crippen LogP contribution in [0.5, 0.6) is 0 Å². The van der Waals surface area contributed by atoms with Gasteiger partial charge in [-0.15, -0.1) is 0 Å². The van der Waals surface area contributed by atoms with Crippen LogP contribution in [-0.4, -0.2) is 29.9 Å². The molecule has 0 aromatic carbocycles. The van der Waals surface area contributed by atoms with Crippen molar-refractivity contribution in [3.8, 4) is 0 Å². The van der Waals surface area contributed by atoms with Gasteiger partial charge in [-0.05, 0) is 32.1 Å². The van der Waals surface area contributed by atoms with Gasteiger partial charge < -0.3 is 9.67 Å². The highest BCUT2D eigenvalue weighted by atomic mass is 16.3. The number of fused-ring (bicyclic) bond motifs is 1. The van der Waals surface area contributed by atoms with Crippen LogP contribution in [0.3, 0.4) is 0 Å². The number of nitrogens with zero attached hydrogens (tertiary/aromatic N) is 4. The monoisotopic (exact) mass is 322 g/mol. The number of aryl methyl sites for hydroxylation is 1. The average Bonchev–Trinajstić information content (AvgIpc) is 2.87. The Morgan fingerprint density at radius 1 is 1.22 bits per heavy atom. The van der Waals surface area contributed by atoms with E-state index in [9.17, 15) is 14.7 Å². The number of hydrogen-bond acceptors (Lipinski definition) is 4. The highest BCUT2D eigenvalue weighted by Crippen LogP contribution is 2.09. The summed E-state index contributed by atoms with van der Waals surface area (Å²) < 4.78 is 4.54. The molecule has 0 spiro atoms. The van der Waals surface area contributed by atoms with Crippen molar-refractivity contribution < 1.29 is 5.11 Å². The highest BCUT2D eigenvalue weighted by Gasteiger charge is 2.16. The first-order valence-electron chi connectivity index (χ1n) is 8.15. The van der Waals surface area contributed by atoms with Gasteiger partial charge in [0.1, 0.15) is 0 Å². The molecular formula is C16H26N4O3. The largest absolute Gasteiger partial charge is 0.393 e. The summed E-state index contributed by atoms with van der Waals surface area (Å²) in [6.45, 7) is 6.93. The number of imidazole rings is 1. The third kappa shape index (κ3) is 3.72. The summed E-state index contributed by atoms with van der Waals surface area (Å²) >= 11 is 0. The van der Waals surface area contributed by atoms with E-state index in [0.29, 0.717) is 43.0 Å². The molecule has 7 heteroatoms. The van der Waals surface area contributed by atoms with Gasteiger partial charge in [-0.3, -0.25) is 13.9 Å². The zero-order chi connectivity index (χ0) is 17.1. The minimum Gasteiger partial charge on any atom is -0.393 e. The quantitative estimate of drug-likeness (QED) is 0.774. The molecule has 0 aliphatic carbocycles. The Hall–Kier alpha value is -1.89. The number of rotatable bonds is 7. The minimum absolute atomic E-state index is 0.279. The van der Waals surface area contributed by atoms with E-state index < -0.39 is 0 Å². The maximum atomic E-state index is 12.7. The van der Waals surface area contributed by atoms with E-state index >= 15 is 0 Å². The standard InChI is InChI=1S/C16H26N4O3/c1-11(2)9-19-10-17-14-13(19)15(22)20(16(23)18(14)4)8-6-5-7-12(3)21/h10-12,21H,5-9H2,1-4H3. The number of aromatic nitrogens is 4. The molecule has 1 N–H and O–H groups in total. The summed E-state index contributed by atoms with van der Waals surface area (Å²) in [5, 5.41) is 9.29. The third-order valence-electron chi connectivity index (χ3n) is 3.92. The first kappa shape index (κ1) is 17.5. The van der Waals surface area contributed by atoms with Crippen molar-refractivity contribution in [2.24, 2.45) is 13.0 Å². The lowest BCUT2D eigenvalue weighted by Crippen LogP contribution is -2.39. The van der Waals surface area contributed by atoms with Crippen molar-refractivity contribution in [1.82, 2.24) is 18.7 Å². The summed E-state index contributed by atoms with van der Waals surface area (Å²) in [7, 11) is 1.64. The van der Waals surface area contributed by atoms with Crippen molar-refractivity contribution >= 4 is 11.2 Å². The molecule has 2 rings (SSSR count). The van der Waals surface area contributed by atoms with Crippen molar-refractivity contribution in [3.05, 3.63) is 27.2 Å². The third-order valence-corrected chi connectivity index (χ3v) is 3.92. The Balaban J connectivity index is 2.40. The lowest BCUT2D eigenvalue weighted by atomic mass is 10.2. The van der Waals surface area contributed by atoms with Gasteiger partial charge in [0.25, 0.3) is 5.56 Å². The van der Waals surface area contributed by atoms with Crippen LogP contribution in [0.2, 0.25) is 0 Å². The van der Waals surface area contributed by atoms with E-state index in [1.165, 1.54) is 9.13 Å². The van der Waals surface area contributed by atoms with Gasteiger partial charge in [-0.1, -0.05) is 13.8 Å². The molecule has 128 valence electrons. The lowest BCUT2D eigenvalue weighted by Gasteiger charge is -2.11. The molecule has 0 saturated carbocycles. The van der Waals surface area contributed by atoms with Gasteiger partial charge in [0.05, 0.1) is 12.4 Å². The first-order valence-corrected chi connectivity index (χ1v) is 8.15. The summed E-state index contributed by atoms with van der Waals surface area (Å²) in [5.41, 5.74) is 0.296. The van der Waals surface area contributed by atoms with Crippen LogP contribution in [0.25, 0.3) is 11.2 Å². The van der Waals surface area contributed by atoms with Crippen LogP contribution >= 0.6 is 0 Å². The van der Waals surface area contributed by atoms with Gasteiger partial charge >= 0.3 is 5.69 Å². The van der Waals surface area contributed by atoms with Gasteiger partial charge in [-0.2, -0.15) is 0 Å². The van der Waals surface area contributed by atoms with Crippen molar-refractivity contribution in [2.45, 2.75) is 59.2 Å². The number of hydrogen-bond donors (Lipinski definition) is 1. The Kier molecular flexibility index (Phi) is 5.41. The molecule has 2 aromatic rings. The van der Waals surface area contributed by atoms with Gasteiger partial charge in [0.15, 0.2) is 11.2 Å². The minimum atomic E-state index is -0.357. The van der Waals surface area contributed by atoms with E-state index in [-0.39, 0.29) is 17.4 Å². The fourth-order valence-corrected chi connectivity index (χ4v) is 2.76. The molecule has 1 unspecified atom stereocenters. The van der Waals surface area contributed by atoms with Crippen molar-refractivity contribution in [1.29, 1.82) is 0 Å². The lowest BCUT2D eigenvalue weighted by molar-refractivity contribution is 0.180. The number of unbranched alkanes of at least 4 members (excludes halogenated alkanes) is 1. The second-order valence-electron chi connectivity index (χ2n) is 6.61. The second kappa shape index (κ2) is 7.12. The van der Waals surface area contributed by atoms with Crippen LogP contribution in [0.15, 0.2) is 15.9 Å². The molecular weight excluding hydrogens is 296 g/mol. The maximum absolute atomic E-state index is 12.7. The van der Waals surface area contributed by atoms with E-state index in [1.807, 2.05) is 4.57 Å². The summed E-state index contributed by atoms with van der Waals surface area (Å²) in [4.78, 5) is 29.4. The van der Waals surface area contributed by atoms with Crippen LogP contribution in [0.1, 0.15) is 40.0 Å². The fraction of sp³-hybridized carbons (Fsp3) is 0.688. The van der Waals surface area contributed by atoms with E-state index in [1.54, 1.807) is 20.3 Å². The zero-order valence-electron chi connectivity index (χ0n) is 14.3. The van der Waals surface area contributed by atoms with E-state index in [0.717, 1.165) is 6.42 Å². The van der Waals surface area contributed by atoms with E-state index in [4.69, 9.17) is 0 Å². The first-order chi connectivity index (χ1) is 10.8. The van der Waals surface area contributed by atoms with Crippen molar-refractivity contribution in [3.63, 3.8) is 0 Å². The molecule has 0 fully saturated rings. The SMILES string of the molecule is CC(C)Cn1cnc2c1c(=O)n(CCCCC(C)O)c(=O)n2C. The highest BCUT2D eigenvalue weighted by molar-refractivity contribution is 5.69. The van der Waals surface area contributed by atoms with E-state index in [2.05, 4.69) is 18.8 Å². The molecule has 0 aliphatic rings. The topological polar surface area (TPSA) is 82.1 Å².